The van der Waals surface area contributed by atoms with Crippen LogP contribution in [0.4, 0.5) is 0 Å². The second-order valence-electron chi connectivity index (χ2n) is 19.1. The third-order valence-electron chi connectivity index (χ3n) is 11.9. The third-order valence-corrected chi connectivity index (χ3v) is 11.9. The van der Waals surface area contributed by atoms with E-state index >= 15 is 0 Å². The first kappa shape index (κ1) is 71.5. The predicted molar refractivity (Wildman–Crippen MR) is 334 cm³/mol. The Balaban J connectivity index is 4.48. The van der Waals surface area contributed by atoms with E-state index in [9.17, 15) is 14.4 Å². The van der Waals surface area contributed by atoms with Gasteiger partial charge >= 0.3 is 17.9 Å². The molecule has 0 radical (unpaired) electrons. The Kier molecular flexibility index (Phi) is 58.6. The lowest BCUT2D eigenvalue weighted by molar-refractivity contribution is -0.166. The van der Waals surface area contributed by atoms with Gasteiger partial charge in [0.25, 0.3) is 0 Å². The standard InChI is InChI=1S/C71H108O6/c1-4-7-10-13-16-19-22-25-27-29-31-32-33-34-35-36-37-38-40-41-43-46-49-52-55-58-61-64-70(73)76-67-68(66-75-69(72)63-60-57-54-51-48-45-24-21-18-15-12-9-6-3)77-71(74)65-62-59-56-53-50-47-44-42-39-30-28-26-23-20-17-14-11-8-5-2/h7-12,16-21,25-28,31-32,34-35,39,42,45,47-48,50,54,56-57,59,68H,4-6,13-15,22-24,29-30,33,36-38,40-41,43-44,46,49,51-53,55,58,60-67H2,1-3H3/b10-7-,11-8-,12-9-,19-16-,20-17-,21-18-,27-25-,28-26-,32-31-,35-34-,42-39-,48-45-,50-47-,57-54-,59-56-. The van der Waals surface area contributed by atoms with Crippen LogP contribution in [-0.2, 0) is 28.6 Å². The van der Waals surface area contributed by atoms with Gasteiger partial charge in [-0.15, -0.1) is 0 Å². The van der Waals surface area contributed by atoms with Crippen LogP contribution in [0.2, 0.25) is 0 Å². The summed E-state index contributed by atoms with van der Waals surface area (Å²) >= 11 is 0. The molecule has 0 aromatic carbocycles. The molecule has 1 atom stereocenters. The number of ether oxygens (including phenoxy) is 3. The van der Waals surface area contributed by atoms with Crippen LogP contribution in [0.25, 0.3) is 0 Å². The molecule has 0 aliphatic heterocycles. The molecular formula is C71H108O6. The number of allylic oxidation sites excluding steroid dienone is 30. The van der Waals surface area contributed by atoms with E-state index in [1.165, 1.54) is 57.8 Å². The highest BCUT2D eigenvalue weighted by molar-refractivity contribution is 5.71. The number of hydrogen-bond acceptors (Lipinski definition) is 6. The van der Waals surface area contributed by atoms with E-state index in [2.05, 4.69) is 179 Å². The molecule has 6 nitrogen and oxygen atoms in total. The summed E-state index contributed by atoms with van der Waals surface area (Å²) in [5.41, 5.74) is 0. The molecule has 0 fully saturated rings. The largest absolute Gasteiger partial charge is 0.462 e. The molecule has 0 bridgehead atoms. The maximum Gasteiger partial charge on any atom is 0.306 e. The van der Waals surface area contributed by atoms with Crippen LogP contribution in [0.5, 0.6) is 0 Å². The number of hydrogen-bond donors (Lipinski definition) is 0. The molecule has 0 N–H and O–H groups in total. The Morgan fingerprint density at radius 3 is 0.805 bits per heavy atom. The van der Waals surface area contributed by atoms with Crippen molar-refractivity contribution >= 4 is 17.9 Å². The molecule has 0 rings (SSSR count). The molecule has 0 aromatic rings. The topological polar surface area (TPSA) is 78.9 Å². The third kappa shape index (κ3) is 61.2. The van der Waals surface area contributed by atoms with E-state index < -0.39 is 12.1 Å². The SMILES string of the molecule is CC/C=C\C/C=C\C/C=C\C/C=C\C/C=C\C/C=C\CCC(=O)OC(COC(=O)CC/C=C\C/C=C\C/C=C\C/C=C\CC)COC(=O)CCCCCCCCCCCCC/C=C\C/C=C\C/C=C\C/C=C\C/C=C\CC. The maximum atomic E-state index is 12.8. The number of carbonyl (C=O) groups is 3. The van der Waals surface area contributed by atoms with Crippen LogP contribution in [0.15, 0.2) is 182 Å². The van der Waals surface area contributed by atoms with Crippen molar-refractivity contribution in [3.8, 4) is 0 Å². The second kappa shape index (κ2) is 63.0. The van der Waals surface area contributed by atoms with Crippen molar-refractivity contribution in [1.82, 2.24) is 0 Å². The lowest BCUT2D eigenvalue weighted by Crippen LogP contribution is -2.30. The van der Waals surface area contributed by atoms with Gasteiger partial charge < -0.3 is 14.2 Å². The van der Waals surface area contributed by atoms with Gasteiger partial charge in [-0.1, -0.05) is 261 Å². The van der Waals surface area contributed by atoms with Crippen molar-refractivity contribution in [2.45, 2.75) is 232 Å². The highest BCUT2D eigenvalue weighted by atomic mass is 16.6. The molecule has 0 heterocycles. The monoisotopic (exact) mass is 1060 g/mol. The lowest BCUT2D eigenvalue weighted by Gasteiger charge is -2.18. The summed E-state index contributed by atoms with van der Waals surface area (Å²) in [5.74, 6) is -1.12. The molecule has 0 saturated carbocycles. The van der Waals surface area contributed by atoms with Gasteiger partial charge in [0.1, 0.15) is 13.2 Å². The zero-order chi connectivity index (χ0) is 55.7. The van der Waals surface area contributed by atoms with Gasteiger partial charge in [-0.05, 0) is 128 Å². The minimum atomic E-state index is -0.859. The minimum Gasteiger partial charge on any atom is -0.462 e. The summed E-state index contributed by atoms with van der Waals surface area (Å²) < 4.78 is 16.7. The number of rotatable bonds is 52. The quantitative estimate of drug-likeness (QED) is 0.0261. The van der Waals surface area contributed by atoms with Crippen molar-refractivity contribution in [3.05, 3.63) is 182 Å². The minimum absolute atomic E-state index is 0.141. The van der Waals surface area contributed by atoms with Crippen molar-refractivity contribution in [2.24, 2.45) is 0 Å². The van der Waals surface area contributed by atoms with E-state index in [1.807, 2.05) is 24.3 Å². The van der Waals surface area contributed by atoms with Crippen molar-refractivity contribution in [2.75, 3.05) is 13.2 Å². The van der Waals surface area contributed by atoms with Crippen molar-refractivity contribution < 1.29 is 28.6 Å². The van der Waals surface area contributed by atoms with Crippen LogP contribution >= 0.6 is 0 Å². The fourth-order valence-corrected chi connectivity index (χ4v) is 7.51. The van der Waals surface area contributed by atoms with E-state index in [1.54, 1.807) is 0 Å². The maximum absolute atomic E-state index is 12.8. The van der Waals surface area contributed by atoms with E-state index in [0.29, 0.717) is 19.3 Å². The highest BCUT2D eigenvalue weighted by Crippen LogP contribution is 2.14. The van der Waals surface area contributed by atoms with Gasteiger partial charge in [-0.3, -0.25) is 14.4 Å². The van der Waals surface area contributed by atoms with Crippen LogP contribution in [0, 0.1) is 0 Å². The van der Waals surface area contributed by atoms with E-state index in [4.69, 9.17) is 14.2 Å². The molecule has 77 heavy (non-hydrogen) atoms. The normalized spacial score (nSPS) is 13.4. The first-order valence-corrected chi connectivity index (χ1v) is 30.3. The molecular weight excluding hydrogens is 949 g/mol. The Bertz CT molecular complexity index is 1840. The Labute approximate surface area is 472 Å². The second-order valence-corrected chi connectivity index (χ2v) is 19.1. The molecule has 0 saturated heterocycles. The average Bonchev–Trinajstić information content (AvgIpc) is 3.43. The van der Waals surface area contributed by atoms with E-state index in [0.717, 1.165) is 116 Å². The molecule has 0 aliphatic carbocycles. The summed E-state index contributed by atoms with van der Waals surface area (Å²) in [6.07, 6.45) is 94.9. The number of esters is 3. The summed E-state index contributed by atoms with van der Waals surface area (Å²) in [5, 5.41) is 0. The van der Waals surface area contributed by atoms with E-state index in [-0.39, 0.29) is 38.0 Å². The van der Waals surface area contributed by atoms with Crippen LogP contribution in [0.1, 0.15) is 226 Å². The molecule has 0 aliphatic rings. The zero-order valence-corrected chi connectivity index (χ0v) is 48.9. The van der Waals surface area contributed by atoms with Crippen LogP contribution in [-0.4, -0.2) is 37.2 Å². The van der Waals surface area contributed by atoms with Gasteiger partial charge in [-0.2, -0.15) is 0 Å². The summed E-state index contributed by atoms with van der Waals surface area (Å²) in [7, 11) is 0. The predicted octanol–water partition coefficient (Wildman–Crippen LogP) is 20.9. The molecule has 428 valence electrons. The fourth-order valence-electron chi connectivity index (χ4n) is 7.51. The van der Waals surface area contributed by atoms with Crippen LogP contribution < -0.4 is 0 Å². The molecule has 0 amide bonds. The smallest absolute Gasteiger partial charge is 0.306 e. The first-order valence-electron chi connectivity index (χ1n) is 30.3. The first-order chi connectivity index (χ1) is 38.0. The number of unbranched alkanes of at least 4 members (excludes halogenated alkanes) is 11. The molecule has 1 unspecified atom stereocenters. The summed E-state index contributed by atoms with van der Waals surface area (Å²) in [6, 6.07) is 0. The van der Waals surface area contributed by atoms with Gasteiger partial charge in [0.15, 0.2) is 6.10 Å². The Morgan fingerprint density at radius 2 is 0.494 bits per heavy atom. The molecule has 6 heteroatoms. The Morgan fingerprint density at radius 1 is 0.260 bits per heavy atom. The highest BCUT2D eigenvalue weighted by Gasteiger charge is 2.19. The number of carbonyl (C=O) groups excluding carboxylic acids is 3. The summed E-state index contributed by atoms with van der Waals surface area (Å²) in [6.45, 7) is 6.15. The van der Waals surface area contributed by atoms with Gasteiger partial charge in [0, 0.05) is 19.3 Å². The molecule has 0 aromatic heterocycles. The van der Waals surface area contributed by atoms with Gasteiger partial charge in [-0.25, -0.2) is 0 Å². The van der Waals surface area contributed by atoms with Gasteiger partial charge in [0.2, 0.25) is 0 Å². The van der Waals surface area contributed by atoms with Gasteiger partial charge in [0.05, 0.1) is 0 Å². The zero-order valence-electron chi connectivity index (χ0n) is 48.9. The lowest BCUT2D eigenvalue weighted by atomic mass is 10.0. The fraction of sp³-hybridized carbons (Fsp3) is 0.535. The average molecular weight is 1060 g/mol. The summed E-state index contributed by atoms with van der Waals surface area (Å²) in [4.78, 5) is 38.1. The molecule has 0 spiro atoms. The Hall–Kier alpha value is -5.49. The van der Waals surface area contributed by atoms with Crippen molar-refractivity contribution in [1.29, 1.82) is 0 Å². The van der Waals surface area contributed by atoms with Crippen molar-refractivity contribution in [3.63, 3.8) is 0 Å². The van der Waals surface area contributed by atoms with Crippen LogP contribution in [0.3, 0.4) is 0 Å².